The molecule has 1 unspecified atom stereocenters. The number of hydrogen-bond acceptors (Lipinski definition) is 3. The first kappa shape index (κ1) is 15.2. The highest BCUT2D eigenvalue weighted by atomic mass is 32.2. The molecule has 0 aromatic carbocycles. The zero-order valence-electron chi connectivity index (χ0n) is 11.6. The van der Waals surface area contributed by atoms with E-state index in [1.165, 1.54) is 0 Å². The predicted molar refractivity (Wildman–Crippen MR) is 78.3 cm³/mol. The Morgan fingerprint density at radius 1 is 1.39 bits per heavy atom. The summed E-state index contributed by atoms with van der Waals surface area (Å²) in [5.74, 6) is 0. The van der Waals surface area contributed by atoms with Crippen molar-refractivity contribution in [2.45, 2.75) is 51.7 Å². The summed E-state index contributed by atoms with van der Waals surface area (Å²) in [4.78, 5) is 4.38. The lowest BCUT2D eigenvalue weighted by Crippen LogP contribution is -2.25. The zero-order chi connectivity index (χ0) is 13.6. The molecule has 1 aromatic heterocycles. The fraction of sp³-hybridized carbons (Fsp3) is 0.571. The molecule has 0 radical (unpaired) electrons. The van der Waals surface area contributed by atoms with E-state index in [1.54, 1.807) is 6.21 Å². The summed E-state index contributed by atoms with van der Waals surface area (Å²) in [6.45, 7) is 7.90. The number of rotatable bonds is 5. The molecule has 0 aliphatic carbocycles. The van der Waals surface area contributed by atoms with Crippen LogP contribution in [0.2, 0.25) is 0 Å². The average Bonchev–Trinajstić information content (AvgIpc) is 2.30. The van der Waals surface area contributed by atoms with Crippen LogP contribution in [0.1, 0.15) is 45.4 Å². The molecule has 18 heavy (non-hydrogen) atoms. The molecule has 0 fully saturated rings. The number of nitrogens with zero attached hydrogens (tertiary/aromatic N) is 2. The van der Waals surface area contributed by atoms with Gasteiger partial charge in [0.1, 0.15) is 16.1 Å². The van der Waals surface area contributed by atoms with Crippen LogP contribution in [-0.4, -0.2) is 20.5 Å². The summed E-state index contributed by atoms with van der Waals surface area (Å²) in [5, 5.41) is 0. The van der Waals surface area contributed by atoms with E-state index in [9.17, 15) is 4.55 Å². The lowest BCUT2D eigenvalue weighted by atomic mass is 10.2. The summed E-state index contributed by atoms with van der Waals surface area (Å²) in [6.07, 6.45) is 6.40. The Kier molecular flexibility index (Phi) is 5.82. The molecule has 0 bridgehead atoms. The Morgan fingerprint density at radius 2 is 2.11 bits per heavy atom. The number of pyridine rings is 1. The Balaban J connectivity index is 2.51. The van der Waals surface area contributed by atoms with Crippen molar-refractivity contribution in [2.24, 2.45) is 4.40 Å². The van der Waals surface area contributed by atoms with Crippen LogP contribution in [-0.2, 0) is 24.2 Å². The van der Waals surface area contributed by atoms with E-state index < -0.39 is 11.4 Å². The van der Waals surface area contributed by atoms with Crippen LogP contribution in [0.15, 0.2) is 22.7 Å². The van der Waals surface area contributed by atoms with Crippen molar-refractivity contribution in [3.05, 3.63) is 29.6 Å². The lowest BCUT2D eigenvalue weighted by Gasteiger charge is -2.17. The maximum absolute atomic E-state index is 11.7. The van der Waals surface area contributed by atoms with Gasteiger partial charge in [0.15, 0.2) is 0 Å². The lowest BCUT2D eigenvalue weighted by molar-refractivity contribution is 0.561. The SMILES string of the molecule is CCCc1ccc(C/C=N/[S+]([O-])C(C)(C)C)cn1. The summed E-state index contributed by atoms with van der Waals surface area (Å²) in [6, 6.07) is 4.11. The minimum absolute atomic E-state index is 0.292. The number of hydrogen-bond donors (Lipinski definition) is 0. The molecule has 1 heterocycles. The monoisotopic (exact) mass is 266 g/mol. The predicted octanol–water partition coefficient (Wildman–Crippen LogP) is 3.11. The quantitative estimate of drug-likeness (QED) is 0.607. The van der Waals surface area contributed by atoms with Gasteiger partial charge in [-0.1, -0.05) is 23.8 Å². The van der Waals surface area contributed by atoms with E-state index in [4.69, 9.17) is 0 Å². The van der Waals surface area contributed by atoms with Gasteiger partial charge in [0.25, 0.3) is 0 Å². The smallest absolute Gasteiger partial charge is 0.144 e. The molecule has 1 aromatic rings. The molecule has 0 amide bonds. The molecule has 4 heteroatoms. The standard InChI is InChI=1S/C14H22N2OS/c1-5-6-13-8-7-12(11-15-13)9-10-16-18(17)14(2,3)4/h7-8,10-11H,5-6,9H2,1-4H3/b16-10+. The van der Waals surface area contributed by atoms with E-state index in [1.807, 2.05) is 33.0 Å². The molecule has 0 saturated heterocycles. The van der Waals surface area contributed by atoms with Crippen LogP contribution in [0.3, 0.4) is 0 Å². The molecule has 1 rings (SSSR count). The van der Waals surface area contributed by atoms with Crippen LogP contribution >= 0.6 is 0 Å². The van der Waals surface area contributed by atoms with Crippen LogP contribution in [0, 0.1) is 0 Å². The second kappa shape index (κ2) is 6.90. The second-order valence-corrected chi connectivity index (χ2v) is 7.20. The molecule has 1 atom stereocenters. The van der Waals surface area contributed by atoms with Gasteiger partial charge in [-0.05, 0) is 38.8 Å². The number of aryl methyl sites for hydroxylation is 1. The van der Waals surface area contributed by atoms with Gasteiger partial charge in [-0.2, -0.15) is 0 Å². The minimum Gasteiger partial charge on any atom is -0.591 e. The molecule has 0 aliphatic heterocycles. The first-order valence-corrected chi connectivity index (χ1v) is 7.42. The average molecular weight is 266 g/mol. The molecule has 0 N–H and O–H groups in total. The van der Waals surface area contributed by atoms with Crippen LogP contribution < -0.4 is 0 Å². The third kappa shape index (κ3) is 5.19. The summed E-state index contributed by atoms with van der Waals surface area (Å²) >= 11 is -1.17. The highest BCUT2D eigenvalue weighted by Gasteiger charge is 2.25. The van der Waals surface area contributed by atoms with Crippen molar-refractivity contribution in [2.75, 3.05) is 0 Å². The Labute approximate surface area is 113 Å². The molecule has 0 saturated carbocycles. The van der Waals surface area contributed by atoms with Crippen LogP contribution in [0.5, 0.6) is 0 Å². The van der Waals surface area contributed by atoms with Crippen molar-refractivity contribution in [1.82, 2.24) is 4.98 Å². The molecular weight excluding hydrogens is 244 g/mol. The van der Waals surface area contributed by atoms with Crippen molar-refractivity contribution < 1.29 is 4.55 Å². The van der Waals surface area contributed by atoms with Gasteiger partial charge in [-0.15, -0.1) is 0 Å². The van der Waals surface area contributed by atoms with Gasteiger partial charge in [-0.3, -0.25) is 4.98 Å². The van der Waals surface area contributed by atoms with Crippen molar-refractivity contribution >= 4 is 17.6 Å². The molecule has 0 aliphatic rings. The third-order valence-electron chi connectivity index (χ3n) is 2.41. The summed E-state index contributed by atoms with van der Waals surface area (Å²) in [5.41, 5.74) is 2.22. The van der Waals surface area contributed by atoms with Gasteiger partial charge >= 0.3 is 0 Å². The van der Waals surface area contributed by atoms with Crippen molar-refractivity contribution in [3.63, 3.8) is 0 Å². The molecule has 3 nitrogen and oxygen atoms in total. The summed E-state index contributed by atoms with van der Waals surface area (Å²) < 4.78 is 15.5. The fourth-order valence-corrected chi connectivity index (χ4v) is 1.87. The second-order valence-electron chi connectivity index (χ2n) is 5.26. The normalized spacial score (nSPS) is 14.1. The largest absolute Gasteiger partial charge is 0.591 e. The molecule has 100 valence electrons. The van der Waals surface area contributed by atoms with Gasteiger partial charge < -0.3 is 4.55 Å². The topological polar surface area (TPSA) is 48.3 Å². The zero-order valence-corrected chi connectivity index (χ0v) is 12.5. The van der Waals surface area contributed by atoms with Gasteiger partial charge in [0.05, 0.1) is 6.21 Å². The van der Waals surface area contributed by atoms with Crippen LogP contribution in [0.4, 0.5) is 0 Å². The third-order valence-corrected chi connectivity index (χ3v) is 3.80. The van der Waals surface area contributed by atoms with E-state index >= 15 is 0 Å². The maximum Gasteiger partial charge on any atom is 0.144 e. The van der Waals surface area contributed by atoms with E-state index in [0.29, 0.717) is 6.42 Å². The highest BCUT2D eigenvalue weighted by molar-refractivity contribution is 7.91. The van der Waals surface area contributed by atoms with Gasteiger partial charge in [0, 0.05) is 18.3 Å². The van der Waals surface area contributed by atoms with E-state index in [0.717, 1.165) is 24.1 Å². The van der Waals surface area contributed by atoms with Crippen molar-refractivity contribution in [3.8, 4) is 0 Å². The Morgan fingerprint density at radius 3 is 2.61 bits per heavy atom. The van der Waals surface area contributed by atoms with E-state index in [-0.39, 0.29) is 4.75 Å². The first-order chi connectivity index (χ1) is 8.43. The Bertz CT molecular complexity index is 382. The summed E-state index contributed by atoms with van der Waals surface area (Å²) in [7, 11) is 0. The highest BCUT2D eigenvalue weighted by Crippen LogP contribution is 2.16. The fourth-order valence-electron chi connectivity index (χ4n) is 1.35. The van der Waals surface area contributed by atoms with Crippen molar-refractivity contribution in [1.29, 1.82) is 0 Å². The molecular formula is C14H22N2OS. The maximum atomic E-state index is 11.7. The minimum atomic E-state index is -1.17. The van der Waals surface area contributed by atoms with E-state index in [2.05, 4.69) is 22.4 Å². The van der Waals surface area contributed by atoms with Gasteiger partial charge in [-0.25, -0.2) is 0 Å². The van der Waals surface area contributed by atoms with Gasteiger partial charge in [0.2, 0.25) is 0 Å². The van der Waals surface area contributed by atoms with Crippen LogP contribution in [0.25, 0.3) is 0 Å². The molecule has 0 spiro atoms. The number of aromatic nitrogens is 1. The Hall–Kier alpha value is -0.870. The first-order valence-electron chi connectivity index (χ1n) is 6.32.